The molecule has 2 rings (SSSR count). The van der Waals surface area contributed by atoms with Crippen molar-refractivity contribution in [2.45, 2.75) is 24.9 Å². The van der Waals surface area contributed by atoms with E-state index in [0.29, 0.717) is 10.0 Å². The Morgan fingerprint density at radius 3 is 2.78 bits per heavy atom. The molecular weight excluding hydrogens is 268 g/mol. The highest BCUT2D eigenvalue weighted by atomic mass is 35.5. The van der Waals surface area contributed by atoms with Gasteiger partial charge in [0.25, 0.3) is 0 Å². The second-order valence-electron chi connectivity index (χ2n) is 4.65. The van der Waals surface area contributed by atoms with E-state index in [0.717, 1.165) is 30.6 Å². The summed E-state index contributed by atoms with van der Waals surface area (Å²) in [5.74, 6) is 0. The molecule has 3 nitrogen and oxygen atoms in total. The van der Waals surface area contributed by atoms with Gasteiger partial charge in [0.15, 0.2) is 0 Å². The molecule has 1 aromatic rings. The molecule has 1 aliphatic rings. The quantitative estimate of drug-likeness (QED) is 0.816. The van der Waals surface area contributed by atoms with Crippen molar-refractivity contribution in [1.29, 1.82) is 0 Å². The number of thiocarbonyl (C=S) groups is 1. The highest BCUT2D eigenvalue weighted by Gasteiger charge is 2.36. The molecule has 0 heterocycles. The third kappa shape index (κ3) is 2.76. The Kier molecular flexibility index (Phi) is 4.10. The van der Waals surface area contributed by atoms with Crippen molar-refractivity contribution in [3.8, 4) is 0 Å². The van der Waals surface area contributed by atoms with Crippen molar-refractivity contribution in [1.82, 2.24) is 0 Å². The van der Waals surface area contributed by atoms with E-state index in [-0.39, 0.29) is 5.60 Å². The van der Waals surface area contributed by atoms with Gasteiger partial charge < -0.3 is 15.8 Å². The molecule has 0 atom stereocenters. The van der Waals surface area contributed by atoms with Gasteiger partial charge in [-0.1, -0.05) is 23.8 Å². The summed E-state index contributed by atoms with van der Waals surface area (Å²) in [7, 11) is 1.76. The van der Waals surface area contributed by atoms with Crippen molar-refractivity contribution < 1.29 is 4.74 Å². The van der Waals surface area contributed by atoms with Crippen LogP contribution in [0.25, 0.3) is 0 Å². The molecule has 1 fully saturated rings. The first-order valence-electron chi connectivity index (χ1n) is 5.95. The van der Waals surface area contributed by atoms with E-state index in [2.05, 4.69) is 5.32 Å². The first-order valence-corrected chi connectivity index (χ1v) is 6.73. The topological polar surface area (TPSA) is 47.3 Å². The first-order chi connectivity index (χ1) is 8.56. The minimum Gasteiger partial charge on any atom is -0.389 e. The van der Waals surface area contributed by atoms with E-state index in [4.69, 9.17) is 34.3 Å². The second kappa shape index (κ2) is 5.43. The van der Waals surface area contributed by atoms with Crippen molar-refractivity contribution >= 4 is 34.5 Å². The molecule has 1 aliphatic carbocycles. The standard InChI is InChI=1S/C13H17ClN2OS/c1-17-13(5-2-6-13)8-16-11-7-9(14)3-4-10(11)12(15)18/h3-4,7,16H,2,5-6,8H2,1H3,(H2,15,18). The lowest BCUT2D eigenvalue weighted by atomic mass is 9.80. The Bertz CT molecular complexity index is 455. The number of hydrogen-bond acceptors (Lipinski definition) is 3. The van der Waals surface area contributed by atoms with Crippen molar-refractivity contribution in [3.05, 3.63) is 28.8 Å². The molecule has 0 saturated heterocycles. The van der Waals surface area contributed by atoms with E-state index in [1.54, 1.807) is 13.2 Å². The van der Waals surface area contributed by atoms with Gasteiger partial charge in [-0.2, -0.15) is 0 Å². The monoisotopic (exact) mass is 284 g/mol. The minimum atomic E-state index is -0.0458. The van der Waals surface area contributed by atoms with Crippen LogP contribution in [0.1, 0.15) is 24.8 Å². The third-order valence-corrected chi connectivity index (χ3v) is 4.00. The normalized spacial score (nSPS) is 17.0. The fourth-order valence-electron chi connectivity index (χ4n) is 2.16. The number of hydrogen-bond donors (Lipinski definition) is 2. The lowest BCUT2D eigenvalue weighted by Gasteiger charge is -2.40. The highest BCUT2D eigenvalue weighted by Crippen LogP contribution is 2.35. The van der Waals surface area contributed by atoms with Crippen LogP contribution in [0.15, 0.2) is 18.2 Å². The van der Waals surface area contributed by atoms with Gasteiger partial charge in [0, 0.05) is 29.9 Å². The van der Waals surface area contributed by atoms with Crippen LogP contribution in [-0.4, -0.2) is 24.2 Å². The summed E-state index contributed by atoms with van der Waals surface area (Å²) in [4.78, 5) is 0.370. The van der Waals surface area contributed by atoms with Gasteiger partial charge in [-0.25, -0.2) is 0 Å². The lowest BCUT2D eigenvalue weighted by molar-refractivity contribution is -0.0601. The predicted octanol–water partition coefficient (Wildman–Crippen LogP) is 2.96. The number of anilines is 1. The van der Waals surface area contributed by atoms with E-state index < -0.39 is 0 Å². The maximum Gasteiger partial charge on any atom is 0.106 e. The Morgan fingerprint density at radius 1 is 1.56 bits per heavy atom. The molecular formula is C13H17ClN2OS. The zero-order chi connectivity index (χ0) is 13.2. The molecule has 3 N–H and O–H groups in total. The summed E-state index contributed by atoms with van der Waals surface area (Å²) in [5, 5.41) is 4.02. The molecule has 1 saturated carbocycles. The highest BCUT2D eigenvalue weighted by molar-refractivity contribution is 7.80. The zero-order valence-electron chi connectivity index (χ0n) is 10.3. The summed E-state index contributed by atoms with van der Waals surface area (Å²) in [6.45, 7) is 0.749. The van der Waals surface area contributed by atoms with Gasteiger partial charge in [0.2, 0.25) is 0 Å². The van der Waals surface area contributed by atoms with E-state index in [1.807, 2.05) is 12.1 Å². The van der Waals surface area contributed by atoms with Crippen LogP contribution in [0.3, 0.4) is 0 Å². The van der Waals surface area contributed by atoms with Crippen LogP contribution in [0, 0.1) is 0 Å². The lowest BCUT2D eigenvalue weighted by Crippen LogP contribution is -2.45. The fourth-order valence-corrected chi connectivity index (χ4v) is 2.51. The predicted molar refractivity (Wildman–Crippen MR) is 79.4 cm³/mol. The Labute approximate surface area is 118 Å². The summed E-state index contributed by atoms with van der Waals surface area (Å²) >= 11 is 11.0. The van der Waals surface area contributed by atoms with Crippen molar-refractivity contribution in [3.63, 3.8) is 0 Å². The van der Waals surface area contributed by atoms with Crippen LogP contribution in [0.2, 0.25) is 5.02 Å². The number of nitrogens with one attached hydrogen (secondary N) is 1. The summed E-state index contributed by atoms with van der Waals surface area (Å²) in [6.07, 6.45) is 3.38. The molecule has 0 spiro atoms. The molecule has 0 amide bonds. The fraction of sp³-hybridized carbons (Fsp3) is 0.462. The smallest absolute Gasteiger partial charge is 0.106 e. The van der Waals surface area contributed by atoms with E-state index >= 15 is 0 Å². The van der Waals surface area contributed by atoms with E-state index in [9.17, 15) is 0 Å². The van der Waals surface area contributed by atoms with E-state index in [1.165, 1.54) is 6.42 Å². The molecule has 18 heavy (non-hydrogen) atoms. The van der Waals surface area contributed by atoms with Gasteiger partial charge in [-0.3, -0.25) is 0 Å². The molecule has 0 radical (unpaired) electrons. The van der Waals surface area contributed by atoms with Crippen LogP contribution in [0.4, 0.5) is 5.69 Å². The first kappa shape index (κ1) is 13.6. The third-order valence-electron chi connectivity index (χ3n) is 3.55. The minimum absolute atomic E-state index is 0.0458. The zero-order valence-corrected chi connectivity index (χ0v) is 11.9. The summed E-state index contributed by atoms with van der Waals surface area (Å²) < 4.78 is 5.57. The van der Waals surface area contributed by atoms with Crippen molar-refractivity contribution in [2.75, 3.05) is 19.0 Å². The second-order valence-corrected chi connectivity index (χ2v) is 5.52. The number of benzene rings is 1. The SMILES string of the molecule is COC1(CNc2cc(Cl)ccc2C(N)=S)CCC1. The van der Waals surface area contributed by atoms with Crippen LogP contribution < -0.4 is 11.1 Å². The largest absolute Gasteiger partial charge is 0.389 e. The molecule has 1 aromatic carbocycles. The average molecular weight is 285 g/mol. The molecule has 0 unspecified atom stereocenters. The van der Waals surface area contributed by atoms with Crippen molar-refractivity contribution in [2.24, 2.45) is 5.73 Å². The number of methoxy groups -OCH3 is 1. The van der Waals surface area contributed by atoms with Gasteiger partial charge in [0.1, 0.15) is 4.99 Å². The molecule has 5 heteroatoms. The van der Waals surface area contributed by atoms with Gasteiger partial charge in [-0.15, -0.1) is 0 Å². The Morgan fingerprint density at radius 2 is 2.28 bits per heavy atom. The van der Waals surface area contributed by atoms with Gasteiger partial charge in [0.05, 0.1) is 5.60 Å². The number of ether oxygens (including phenoxy) is 1. The maximum absolute atomic E-state index is 6.00. The average Bonchev–Trinajstić information content (AvgIpc) is 2.28. The van der Waals surface area contributed by atoms with Crippen LogP contribution in [-0.2, 0) is 4.74 Å². The van der Waals surface area contributed by atoms with Gasteiger partial charge in [-0.05, 0) is 37.5 Å². The molecule has 0 aliphatic heterocycles. The van der Waals surface area contributed by atoms with Gasteiger partial charge >= 0.3 is 0 Å². The summed E-state index contributed by atoms with van der Waals surface area (Å²) in [5.41, 5.74) is 7.35. The number of rotatable bonds is 5. The number of nitrogens with two attached hydrogens (primary N) is 1. The number of halogens is 1. The molecule has 0 bridgehead atoms. The molecule has 0 aromatic heterocycles. The maximum atomic E-state index is 6.00. The Balaban J connectivity index is 2.12. The molecule has 98 valence electrons. The Hall–Kier alpha value is -0.840. The van der Waals surface area contributed by atoms with Crippen LogP contribution in [0.5, 0.6) is 0 Å². The van der Waals surface area contributed by atoms with Crippen LogP contribution >= 0.6 is 23.8 Å². The summed E-state index contributed by atoms with van der Waals surface area (Å²) in [6, 6.07) is 5.47.